The highest BCUT2D eigenvalue weighted by molar-refractivity contribution is 5.80. The highest BCUT2D eigenvalue weighted by atomic mass is 19.1. The first-order valence-corrected chi connectivity index (χ1v) is 5.29. The summed E-state index contributed by atoms with van der Waals surface area (Å²) < 4.78 is 13.8. The highest BCUT2D eigenvalue weighted by Crippen LogP contribution is 2.26. The second-order valence-electron chi connectivity index (χ2n) is 3.78. The number of halogens is 1. The quantitative estimate of drug-likeness (QED) is 0.863. The van der Waals surface area contributed by atoms with Crippen molar-refractivity contribution in [2.45, 2.75) is 6.42 Å². The SMILES string of the molecule is NC(=O)Cc1cccc(F)c1-c1ccccc1. The van der Waals surface area contributed by atoms with Gasteiger partial charge in [-0.15, -0.1) is 0 Å². The minimum atomic E-state index is -0.465. The Bertz CT molecular complexity index is 537. The van der Waals surface area contributed by atoms with Gasteiger partial charge in [0, 0.05) is 5.56 Å². The maximum atomic E-state index is 13.8. The van der Waals surface area contributed by atoms with Gasteiger partial charge in [-0.1, -0.05) is 42.5 Å². The van der Waals surface area contributed by atoms with E-state index in [0.29, 0.717) is 11.1 Å². The van der Waals surface area contributed by atoms with E-state index >= 15 is 0 Å². The summed E-state index contributed by atoms with van der Waals surface area (Å²) in [6.45, 7) is 0. The molecule has 0 aliphatic heterocycles. The van der Waals surface area contributed by atoms with Crippen LogP contribution in [-0.2, 0) is 11.2 Å². The Labute approximate surface area is 98.9 Å². The summed E-state index contributed by atoms with van der Waals surface area (Å²) in [5.74, 6) is -0.803. The molecule has 0 saturated carbocycles. The van der Waals surface area contributed by atoms with Crippen molar-refractivity contribution in [3.8, 4) is 11.1 Å². The molecule has 2 aromatic carbocycles. The van der Waals surface area contributed by atoms with Crippen molar-refractivity contribution >= 4 is 5.91 Å². The lowest BCUT2D eigenvalue weighted by molar-refractivity contribution is -0.117. The van der Waals surface area contributed by atoms with Crippen molar-refractivity contribution in [1.29, 1.82) is 0 Å². The van der Waals surface area contributed by atoms with Gasteiger partial charge in [0.25, 0.3) is 0 Å². The fourth-order valence-electron chi connectivity index (χ4n) is 1.83. The summed E-state index contributed by atoms with van der Waals surface area (Å²) in [5, 5.41) is 0. The molecule has 2 N–H and O–H groups in total. The van der Waals surface area contributed by atoms with Crippen LogP contribution in [0, 0.1) is 5.82 Å². The largest absolute Gasteiger partial charge is 0.369 e. The standard InChI is InChI=1S/C14H12FNO/c15-12-8-4-7-11(9-13(16)17)14(12)10-5-2-1-3-6-10/h1-8H,9H2,(H2,16,17). The van der Waals surface area contributed by atoms with Gasteiger partial charge >= 0.3 is 0 Å². The van der Waals surface area contributed by atoms with Gasteiger partial charge in [-0.3, -0.25) is 4.79 Å². The average molecular weight is 229 g/mol. The van der Waals surface area contributed by atoms with Crippen LogP contribution in [0.3, 0.4) is 0 Å². The van der Waals surface area contributed by atoms with Crippen molar-refractivity contribution in [3.05, 3.63) is 59.9 Å². The third-order valence-corrected chi connectivity index (χ3v) is 2.53. The molecule has 0 heterocycles. The monoisotopic (exact) mass is 229 g/mol. The average Bonchev–Trinajstić information content (AvgIpc) is 2.29. The van der Waals surface area contributed by atoms with Crippen LogP contribution in [0.4, 0.5) is 4.39 Å². The molecule has 0 atom stereocenters. The Morgan fingerprint density at radius 3 is 2.41 bits per heavy atom. The third-order valence-electron chi connectivity index (χ3n) is 2.53. The fraction of sp³-hybridized carbons (Fsp3) is 0.0714. The molecule has 1 amide bonds. The summed E-state index contributed by atoms with van der Waals surface area (Å²) in [7, 11) is 0. The molecule has 86 valence electrons. The van der Waals surface area contributed by atoms with E-state index in [1.54, 1.807) is 12.1 Å². The number of amides is 1. The molecule has 2 rings (SSSR count). The van der Waals surface area contributed by atoms with E-state index in [2.05, 4.69) is 0 Å². The fourth-order valence-corrected chi connectivity index (χ4v) is 1.83. The van der Waals surface area contributed by atoms with Crippen molar-refractivity contribution in [2.24, 2.45) is 5.73 Å². The zero-order valence-electron chi connectivity index (χ0n) is 9.19. The van der Waals surface area contributed by atoms with Crippen LogP contribution in [-0.4, -0.2) is 5.91 Å². The Hall–Kier alpha value is -2.16. The first-order valence-electron chi connectivity index (χ1n) is 5.29. The summed E-state index contributed by atoms with van der Waals surface area (Å²) in [5.41, 5.74) is 6.98. The van der Waals surface area contributed by atoms with Crippen molar-refractivity contribution in [2.75, 3.05) is 0 Å². The predicted molar refractivity (Wildman–Crippen MR) is 64.7 cm³/mol. The highest BCUT2D eigenvalue weighted by Gasteiger charge is 2.11. The zero-order chi connectivity index (χ0) is 12.3. The molecule has 0 aliphatic carbocycles. The van der Waals surface area contributed by atoms with Crippen molar-refractivity contribution < 1.29 is 9.18 Å². The molecular weight excluding hydrogens is 217 g/mol. The summed E-state index contributed by atoms with van der Waals surface area (Å²) >= 11 is 0. The predicted octanol–water partition coefficient (Wildman–Crippen LogP) is 2.52. The number of carbonyl (C=O) groups excluding carboxylic acids is 1. The van der Waals surface area contributed by atoms with Gasteiger partial charge < -0.3 is 5.73 Å². The molecule has 0 aliphatic rings. The Balaban J connectivity index is 2.55. The molecule has 0 bridgehead atoms. The van der Waals surface area contributed by atoms with Gasteiger partial charge in [0.2, 0.25) is 5.91 Å². The number of hydrogen-bond acceptors (Lipinski definition) is 1. The lowest BCUT2D eigenvalue weighted by Gasteiger charge is -2.09. The van der Waals surface area contributed by atoms with Crippen LogP contribution in [0.25, 0.3) is 11.1 Å². The molecule has 0 spiro atoms. The number of carbonyl (C=O) groups is 1. The molecule has 3 heteroatoms. The van der Waals surface area contributed by atoms with E-state index in [-0.39, 0.29) is 12.2 Å². The van der Waals surface area contributed by atoms with Gasteiger partial charge in [0.15, 0.2) is 0 Å². The molecule has 0 fully saturated rings. The summed E-state index contributed by atoms with van der Waals surface area (Å²) in [6.07, 6.45) is 0.0436. The summed E-state index contributed by atoms with van der Waals surface area (Å²) in [4.78, 5) is 11.0. The van der Waals surface area contributed by atoms with E-state index in [1.807, 2.05) is 30.3 Å². The van der Waals surface area contributed by atoms with Gasteiger partial charge in [-0.25, -0.2) is 4.39 Å². The topological polar surface area (TPSA) is 43.1 Å². The van der Waals surface area contributed by atoms with Gasteiger partial charge in [0.1, 0.15) is 5.82 Å². The Kier molecular flexibility index (Phi) is 3.19. The van der Waals surface area contributed by atoms with Gasteiger partial charge in [-0.2, -0.15) is 0 Å². The summed E-state index contributed by atoms with van der Waals surface area (Å²) in [6, 6.07) is 13.8. The lowest BCUT2D eigenvalue weighted by Crippen LogP contribution is -2.14. The minimum absolute atomic E-state index is 0.0436. The third kappa shape index (κ3) is 2.50. The molecule has 0 saturated heterocycles. The van der Waals surface area contributed by atoms with Crippen LogP contribution in [0.5, 0.6) is 0 Å². The molecular formula is C14H12FNO. The van der Waals surface area contributed by atoms with Crippen LogP contribution in [0.2, 0.25) is 0 Å². The van der Waals surface area contributed by atoms with E-state index in [9.17, 15) is 9.18 Å². The normalized spacial score (nSPS) is 10.2. The second kappa shape index (κ2) is 4.78. The number of primary amides is 1. The van der Waals surface area contributed by atoms with E-state index < -0.39 is 5.91 Å². The smallest absolute Gasteiger partial charge is 0.221 e. The van der Waals surface area contributed by atoms with Crippen LogP contribution < -0.4 is 5.73 Å². The first-order chi connectivity index (χ1) is 8.18. The first kappa shape index (κ1) is 11.3. The van der Waals surface area contributed by atoms with Crippen molar-refractivity contribution in [1.82, 2.24) is 0 Å². The zero-order valence-corrected chi connectivity index (χ0v) is 9.19. The second-order valence-corrected chi connectivity index (χ2v) is 3.78. The van der Waals surface area contributed by atoms with Crippen LogP contribution in [0.1, 0.15) is 5.56 Å². The molecule has 0 aromatic heterocycles. The van der Waals surface area contributed by atoms with Crippen LogP contribution in [0.15, 0.2) is 48.5 Å². The molecule has 0 radical (unpaired) electrons. The molecule has 2 aromatic rings. The van der Waals surface area contributed by atoms with Gasteiger partial charge in [-0.05, 0) is 17.2 Å². The Morgan fingerprint density at radius 2 is 1.76 bits per heavy atom. The van der Waals surface area contributed by atoms with E-state index in [4.69, 9.17) is 5.73 Å². The maximum absolute atomic E-state index is 13.8. The van der Waals surface area contributed by atoms with E-state index in [0.717, 1.165) is 5.56 Å². The maximum Gasteiger partial charge on any atom is 0.221 e. The number of nitrogens with two attached hydrogens (primary N) is 1. The van der Waals surface area contributed by atoms with Crippen molar-refractivity contribution in [3.63, 3.8) is 0 Å². The Morgan fingerprint density at radius 1 is 1.06 bits per heavy atom. The van der Waals surface area contributed by atoms with E-state index in [1.165, 1.54) is 6.07 Å². The molecule has 17 heavy (non-hydrogen) atoms. The number of hydrogen-bond donors (Lipinski definition) is 1. The lowest BCUT2D eigenvalue weighted by atomic mass is 9.97. The number of benzene rings is 2. The number of rotatable bonds is 3. The van der Waals surface area contributed by atoms with Gasteiger partial charge in [0.05, 0.1) is 6.42 Å². The van der Waals surface area contributed by atoms with Crippen LogP contribution >= 0.6 is 0 Å². The molecule has 0 unspecified atom stereocenters. The minimum Gasteiger partial charge on any atom is -0.369 e. The molecule has 2 nitrogen and oxygen atoms in total.